The molecule has 2 heterocycles. The molecule has 0 aromatic rings. The van der Waals surface area contributed by atoms with Crippen molar-refractivity contribution in [2.45, 2.75) is 98.2 Å². The van der Waals surface area contributed by atoms with Gasteiger partial charge in [0.15, 0.2) is 24.5 Å². The summed E-state index contributed by atoms with van der Waals surface area (Å²) in [5.74, 6) is -1.39. The molecule has 19 N–H and O–H groups in total. The van der Waals surface area contributed by atoms with Gasteiger partial charge in [-0.15, -0.1) is 0 Å². The third kappa shape index (κ3) is 9.35. The fraction of sp³-hybridized carbons (Fsp3) is 0.905. The van der Waals surface area contributed by atoms with Gasteiger partial charge in [-0.1, -0.05) is 0 Å². The smallest absolute Gasteiger partial charge is 0.394 e. The molecule has 48 heavy (non-hydrogen) atoms. The third-order valence-corrected chi connectivity index (χ3v) is 8.92. The van der Waals surface area contributed by atoms with E-state index in [9.17, 15) is 59.3 Å². The number of aliphatic hydroxyl groups excluding tert-OH is 5. The molecule has 3 rings (SSSR count). The first-order chi connectivity index (χ1) is 22.0. The van der Waals surface area contributed by atoms with E-state index < -0.39 is 132 Å². The van der Waals surface area contributed by atoms with Crippen molar-refractivity contribution in [2.75, 3.05) is 20.3 Å². The molecule has 0 spiro atoms. The van der Waals surface area contributed by atoms with Crippen molar-refractivity contribution in [3.63, 3.8) is 0 Å². The number of hydrogen-bond donors (Lipinski definition) is 15. The molecule has 2 saturated heterocycles. The van der Waals surface area contributed by atoms with Gasteiger partial charge in [-0.2, -0.15) is 0 Å². The molecule has 25 nitrogen and oxygen atoms in total. The number of guanidine groups is 2. The van der Waals surface area contributed by atoms with Gasteiger partial charge in [-0.25, -0.2) is 19.1 Å². The van der Waals surface area contributed by atoms with Gasteiger partial charge in [0, 0.05) is 0 Å². The summed E-state index contributed by atoms with van der Waals surface area (Å²) in [6, 6.07) is -4.87. The zero-order chi connectivity index (χ0) is 36.5. The number of ether oxygens (including phenoxy) is 4. The summed E-state index contributed by atoms with van der Waals surface area (Å²) in [5, 5.41) is 67.5. The maximum Gasteiger partial charge on any atom is 0.470 e. The van der Waals surface area contributed by atoms with Crippen LogP contribution in [0.5, 0.6) is 0 Å². The van der Waals surface area contributed by atoms with Crippen molar-refractivity contribution in [3.8, 4) is 0 Å². The normalized spacial score (nSPS) is 42.3. The lowest BCUT2D eigenvalue weighted by Gasteiger charge is -2.46. The predicted octanol–water partition coefficient (Wildman–Crippen LogP) is -8.13. The molecule has 0 radical (unpaired) electrons. The largest absolute Gasteiger partial charge is 0.470 e. The van der Waals surface area contributed by atoms with Gasteiger partial charge in [0.25, 0.3) is 0 Å². The van der Waals surface area contributed by atoms with Crippen LogP contribution in [0, 0.1) is 0 Å². The van der Waals surface area contributed by atoms with Crippen molar-refractivity contribution >= 4 is 27.6 Å². The summed E-state index contributed by atoms with van der Waals surface area (Å²) in [7, 11) is -9.37. The summed E-state index contributed by atoms with van der Waals surface area (Å²) in [6.45, 7) is -0.816. The van der Waals surface area contributed by atoms with Crippen LogP contribution < -0.4 is 28.3 Å². The standard InChI is InChI=1S/C21H43N7O18P2/c1-5-21(34,4-41-47(35,36)37)16(45-17-9(26-2)12(32)10(30)6(3-29)43-17)18(42-5)44-14-7(27-19(22)23)11(31)8(28-20(24)25)15(13(14)33)46-48(38,39)40/h5-18,26,29-34H,3-4H2,1-2H3,(H4,22,23,27)(H4,24,25,28)(H2,35,36,37)(H2,38,39,40)/t5-,6-,7-,8-,9-,10-,11-,12-,13-,14+,15-,16-,17-,18-,21+/m0/s1. The van der Waals surface area contributed by atoms with Gasteiger partial charge in [0.2, 0.25) is 0 Å². The van der Waals surface area contributed by atoms with Crippen LogP contribution in [0.15, 0.2) is 9.98 Å². The van der Waals surface area contributed by atoms with E-state index in [2.05, 4.69) is 19.8 Å². The Labute approximate surface area is 271 Å². The average Bonchev–Trinajstić information content (AvgIpc) is 3.19. The highest BCUT2D eigenvalue weighted by molar-refractivity contribution is 7.46. The van der Waals surface area contributed by atoms with E-state index in [0.717, 1.165) is 0 Å². The zero-order valence-corrected chi connectivity index (χ0v) is 27.1. The van der Waals surface area contributed by atoms with Gasteiger partial charge in [-0.3, -0.25) is 9.05 Å². The van der Waals surface area contributed by atoms with Crippen molar-refractivity contribution in [2.24, 2.45) is 32.9 Å². The minimum absolute atomic E-state index is 0.687. The number of rotatable bonds is 13. The second-order valence-corrected chi connectivity index (χ2v) is 13.6. The number of aliphatic imine (C=N–C) groups is 2. The Bertz CT molecular complexity index is 1250. The molecule has 280 valence electrons. The van der Waals surface area contributed by atoms with E-state index in [1.54, 1.807) is 0 Å². The van der Waals surface area contributed by atoms with E-state index in [1.807, 2.05) is 0 Å². The van der Waals surface area contributed by atoms with Crippen LogP contribution in [0.25, 0.3) is 0 Å². The van der Waals surface area contributed by atoms with Crippen molar-refractivity contribution in [3.05, 3.63) is 0 Å². The number of aliphatic hydroxyl groups is 6. The monoisotopic (exact) mass is 743 g/mol. The molecule has 15 atom stereocenters. The van der Waals surface area contributed by atoms with E-state index in [-0.39, 0.29) is 0 Å². The van der Waals surface area contributed by atoms with Gasteiger partial charge in [0.05, 0.1) is 25.4 Å². The molecule has 3 fully saturated rings. The quantitative estimate of drug-likeness (QED) is 0.0473. The Balaban J connectivity index is 2.10. The summed E-state index contributed by atoms with van der Waals surface area (Å²) < 4.78 is 55.8. The molecule has 27 heteroatoms. The van der Waals surface area contributed by atoms with Gasteiger partial charge < -0.3 is 97.4 Å². The molecule has 1 aliphatic carbocycles. The maximum absolute atomic E-state index is 11.8. The Morgan fingerprint density at radius 1 is 0.833 bits per heavy atom. The zero-order valence-electron chi connectivity index (χ0n) is 25.3. The molecule has 0 aromatic carbocycles. The van der Waals surface area contributed by atoms with E-state index in [4.69, 9.17) is 46.4 Å². The minimum Gasteiger partial charge on any atom is -0.394 e. The Morgan fingerprint density at radius 2 is 1.40 bits per heavy atom. The van der Waals surface area contributed by atoms with E-state index in [0.29, 0.717) is 0 Å². The highest BCUT2D eigenvalue weighted by Gasteiger charge is 2.61. The van der Waals surface area contributed by atoms with Crippen LogP contribution in [0.2, 0.25) is 0 Å². The molecular weight excluding hydrogens is 700 g/mol. The van der Waals surface area contributed by atoms with Crippen molar-refractivity contribution in [1.29, 1.82) is 0 Å². The van der Waals surface area contributed by atoms with Crippen LogP contribution >= 0.6 is 15.6 Å². The van der Waals surface area contributed by atoms with Crippen LogP contribution in [-0.2, 0) is 37.1 Å². The summed E-state index contributed by atoms with van der Waals surface area (Å²) >= 11 is 0. The molecule has 0 amide bonds. The van der Waals surface area contributed by atoms with Crippen molar-refractivity contribution in [1.82, 2.24) is 5.32 Å². The first-order valence-electron chi connectivity index (χ1n) is 14.0. The maximum atomic E-state index is 11.8. The van der Waals surface area contributed by atoms with Crippen LogP contribution in [0.1, 0.15) is 6.92 Å². The van der Waals surface area contributed by atoms with Crippen LogP contribution in [0.3, 0.4) is 0 Å². The lowest BCUT2D eigenvalue weighted by Crippen LogP contribution is -2.67. The number of phosphoric acid groups is 2. The molecule has 0 unspecified atom stereocenters. The number of likely N-dealkylation sites (N-methyl/N-ethyl adjacent to an activating group) is 1. The predicted molar refractivity (Wildman–Crippen MR) is 156 cm³/mol. The highest BCUT2D eigenvalue weighted by atomic mass is 31.2. The molecule has 0 bridgehead atoms. The average molecular weight is 744 g/mol. The molecule has 2 aliphatic heterocycles. The third-order valence-electron chi connectivity index (χ3n) is 7.93. The first kappa shape index (κ1) is 40.7. The Morgan fingerprint density at radius 3 is 1.88 bits per heavy atom. The number of hydrogen-bond acceptors (Lipinski definition) is 17. The molecule has 1 saturated carbocycles. The fourth-order valence-electron chi connectivity index (χ4n) is 5.60. The lowest BCUT2D eigenvalue weighted by molar-refractivity contribution is -0.317. The second-order valence-electron chi connectivity index (χ2n) is 11.2. The first-order valence-corrected chi connectivity index (χ1v) is 17.1. The van der Waals surface area contributed by atoms with E-state index in [1.165, 1.54) is 14.0 Å². The van der Waals surface area contributed by atoms with Gasteiger partial charge >= 0.3 is 15.6 Å². The van der Waals surface area contributed by atoms with E-state index >= 15 is 0 Å². The second kappa shape index (κ2) is 15.7. The van der Waals surface area contributed by atoms with Crippen LogP contribution in [-0.4, -0.2) is 174 Å². The fourth-order valence-corrected chi connectivity index (χ4v) is 6.55. The highest BCUT2D eigenvalue weighted by Crippen LogP contribution is 2.46. The van der Waals surface area contributed by atoms with Gasteiger partial charge in [0.1, 0.15) is 66.5 Å². The summed E-state index contributed by atoms with van der Waals surface area (Å²) in [4.78, 5) is 45.3. The number of phosphoric ester groups is 2. The van der Waals surface area contributed by atoms with Gasteiger partial charge in [-0.05, 0) is 14.0 Å². The Hall–Kier alpha value is -1.68. The summed E-state index contributed by atoms with van der Waals surface area (Å²) in [6.07, 6.45) is -20.1. The lowest BCUT2D eigenvalue weighted by atomic mass is 9.81. The number of nitrogens with two attached hydrogens (primary N) is 4. The van der Waals surface area contributed by atoms with Crippen molar-refractivity contribution < 1.29 is 87.3 Å². The summed E-state index contributed by atoms with van der Waals surface area (Å²) in [5.41, 5.74) is 19.3. The topological polar surface area (TPSA) is 433 Å². The molecule has 3 aliphatic rings. The SMILES string of the molecule is CN[C@@H]1[C@H](O[C@H]2[C@H](O[C@H]3[C@H](O)[C@@H](OP(=O)(O)O)[C@@H](N=C(N)N)[C@@H](O)[C@@H]3N=C(N)N)O[C@@H](C)[C@]2(O)COP(=O)(O)O)O[C@@H](CO)[C@H](O)[C@H]1O. The molecule has 0 aromatic heterocycles. The number of nitrogens with one attached hydrogen (secondary N) is 1. The number of nitrogens with zero attached hydrogens (tertiary/aromatic N) is 2. The Kier molecular flexibility index (Phi) is 13.3. The van der Waals surface area contributed by atoms with Crippen LogP contribution in [0.4, 0.5) is 0 Å². The minimum atomic E-state index is -5.45. The molecular formula is C21H43N7O18P2.